The Bertz CT molecular complexity index is 360. The summed E-state index contributed by atoms with van der Waals surface area (Å²) in [6.45, 7) is 3.65. The van der Waals surface area contributed by atoms with Crippen molar-refractivity contribution in [1.82, 2.24) is 14.8 Å². The van der Waals surface area contributed by atoms with E-state index in [9.17, 15) is 4.79 Å². The molecule has 1 aromatic heterocycles. The van der Waals surface area contributed by atoms with Gasteiger partial charge >= 0.3 is 5.56 Å². The number of allylic oxidation sites excluding steroid dienone is 1. The zero-order chi connectivity index (χ0) is 9.14. The largest absolute Gasteiger partial charge is 0.488 e. The molecule has 0 bridgehead atoms. The van der Waals surface area contributed by atoms with Crippen LogP contribution in [0, 0.1) is 0 Å². The van der Waals surface area contributed by atoms with Crippen molar-refractivity contribution in [2.75, 3.05) is 0 Å². The quantitative estimate of drug-likeness (QED) is 0.661. The fraction of sp³-hybridized carbons (Fsp3) is 0.167. The van der Waals surface area contributed by atoms with Crippen LogP contribution in [0.4, 0.5) is 0 Å². The molecule has 0 fully saturated rings. The van der Waals surface area contributed by atoms with Gasteiger partial charge in [0, 0.05) is 6.54 Å². The molecule has 1 rings (SSSR count). The molecule has 12 heavy (non-hydrogen) atoms. The molecule has 0 saturated heterocycles. The Labute approximate surface area is 73.8 Å². The molecule has 1 heterocycles. The Kier molecular flexibility index (Phi) is 2.39. The van der Waals surface area contributed by atoms with Crippen LogP contribution >= 0.6 is 12.6 Å². The van der Waals surface area contributed by atoms with E-state index >= 15 is 0 Å². The van der Waals surface area contributed by atoms with Crippen LogP contribution in [-0.2, 0) is 6.54 Å². The highest BCUT2D eigenvalue weighted by Gasteiger charge is 2.06. The van der Waals surface area contributed by atoms with Gasteiger partial charge in [-0.25, -0.2) is 0 Å². The molecule has 0 spiro atoms. The molecule has 0 amide bonds. The molecule has 6 heteroatoms. The average molecular weight is 184 g/mol. The van der Waals surface area contributed by atoms with Gasteiger partial charge in [0.15, 0.2) is 0 Å². The fourth-order valence-corrected chi connectivity index (χ4v) is 0.883. The van der Waals surface area contributed by atoms with E-state index in [1.807, 2.05) is 0 Å². The lowest BCUT2D eigenvalue weighted by Gasteiger charge is -2.01. The minimum absolute atomic E-state index is 0.0395. The first-order chi connectivity index (χ1) is 5.66. The maximum atomic E-state index is 11.1. The molecule has 0 atom stereocenters. The first-order valence-corrected chi connectivity index (χ1v) is 3.52. The minimum atomic E-state index is -0.648. The number of hydrogen-bond acceptors (Lipinski definition) is 4. The Morgan fingerprint density at radius 1 is 1.67 bits per heavy atom. The second-order valence-electron chi connectivity index (χ2n) is 2.01. The summed E-state index contributed by atoms with van der Waals surface area (Å²) in [4.78, 5) is 11.1. The van der Waals surface area contributed by atoms with Gasteiger partial charge < -0.3 is 5.11 Å². The summed E-state index contributed by atoms with van der Waals surface area (Å²) in [7, 11) is 0. The standard InChI is InChI=1S/C6H6N3O2S/c1-2-3-9-5(11)4(10)7-8-6(9)12/h2H,1,3H2,(H,7,10). The lowest BCUT2D eigenvalue weighted by molar-refractivity contribution is 0.413. The lowest BCUT2D eigenvalue weighted by atomic mass is 10.6. The van der Waals surface area contributed by atoms with Crippen LogP contribution in [0.1, 0.15) is 0 Å². The van der Waals surface area contributed by atoms with Gasteiger partial charge in [-0.1, -0.05) is 6.08 Å². The highest BCUT2D eigenvalue weighted by molar-refractivity contribution is 7.80. The van der Waals surface area contributed by atoms with Crippen LogP contribution in [0.3, 0.4) is 0 Å². The second-order valence-corrected chi connectivity index (χ2v) is 2.38. The third kappa shape index (κ3) is 1.42. The topological polar surface area (TPSA) is 68.0 Å². The maximum absolute atomic E-state index is 11.1. The zero-order valence-corrected chi connectivity index (χ0v) is 6.91. The SMILES string of the molecule is C=CCn1c([S])nnc(O)c1=O. The number of aromatic nitrogens is 3. The molecular formula is C6H6N3O2S. The molecule has 1 aromatic rings. The highest BCUT2D eigenvalue weighted by atomic mass is 32.1. The van der Waals surface area contributed by atoms with Gasteiger partial charge in [0.1, 0.15) is 0 Å². The van der Waals surface area contributed by atoms with E-state index in [0.717, 1.165) is 4.57 Å². The number of hydrogen-bond donors (Lipinski definition) is 1. The second kappa shape index (κ2) is 3.31. The van der Waals surface area contributed by atoms with Gasteiger partial charge in [-0.05, 0) is 12.6 Å². The Hall–Kier alpha value is -1.43. The highest BCUT2D eigenvalue weighted by Crippen LogP contribution is 1.99. The smallest absolute Gasteiger partial charge is 0.317 e. The number of nitrogens with zero attached hydrogens (tertiary/aromatic N) is 3. The summed E-state index contributed by atoms with van der Waals surface area (Å²) in [5.41, 5.74) is -0.644. The van der Waals surface area contributed by atoms with Crippen molar-refractivity contribution in [2.45, 2.75) is 11.7 Å². The zero-order valence-electron chi connectivity index (χ0n) is 6.10. The molecule has 0 unspecified atom stereocenters. The molecule has 63 valence electrons. The Balaban J connectivity index is 3.32. The molecular weight excluding hydrogens is 178 g/mol. The number of rotatable bonds is 2. The van der Waals surface area contributed by atoms with Crippen molar-refractivity contribution in [1.29, 1.82) is 0 Å². The first kappa shape index (κ1) is 8.66. The molecule has 0 aliphatic carbocycles. The van der Waals surface area contributed by atoms with E-state index in [4.69, 9.17) is 17.7 Å². The van der Waals surface area contributed by atoms with Gasteiger partial charge in [0.2, 0.25) is 5.16 Å². The van der Waals surface area contributed by atoms with Crippen molar-refractivity contribution < 1.29 is 5.11 Å². The van der Waals surface area contributed by atoms with Gasteiger partial charge in [-0.2, -0.15) is 0 Å². The molecule has 0 aromatic carbocycles. The van der Waals surface area contributed by atoms with Crippen molar-refractivity contribution in [3.8, 4) is 5.88 Å². The predicted molar refractivity (Wildman–Crippen MR) is 44.0 cm³/mol. The molecule has 0 aliphatic rings. The predicted octanol–water partition coefficient (Wildman–Crippen LogP) is 0.0863. The number of aromatic hydroxyl groups is 1. The van der Waals surface area contributed by atoms with E-state index in [1.165, 1.54) is 6.08 Å². The van der Waals surface area contributed by atoms with Crippen molar-refractivity contribution in [2.24, 2.45) is 0 Å². The first-order valence-electron chi connectivity index (χ1n) is 3.11. The van der Waals surface area contributed by atoms with Gasteiger partial charge in [-0.3, -0.25) is 9.36 Å². The van der Waals surface area contributed by atoms with Crippen LogP contribution in [0.15, 0.2) is 22.6 Å². The van der Waals surface area contributed by atoms with Crippen LogP contribution in [0.5, 0.6) is 5.88 Å². The Morgan fingerprint density at radius 2 is 2.33 bits per heavy atom. The van der Waals surface area contributed by atoms with Crippen LogP contribution in [0.2, 0.25) is 0 Å². The summed E-state index contributed by atoms with van der Waals surface area (Å²) in [6, 6.07) is 0. The van der Waals surface area contributed by atoms with E-state index in [2.05, 4.69) is 16.8 Å². The van der Waals surface area contributed by atoms with E-state index in [-0.39, 0.29) is 11.7 Å². The molecule has 0 aliphatic heterocycles. The normalized spacial score (nSPS) is 9.67. The van der Waals surface area contributed by atoms with Crippen molar-refractivity contribution in [3.63, 3.8) is 0 Å². The molecule has 1 N–H and O–H groups in total. The van der Waals surface area contributed by atoms with E-state index in [0.29, 0.717) is 0 Å². The molecule has 5 nitrogen and oxygen atoms in total. The monoisotopic (exact) mass is 184 g/mol. The van der Waals surface area contributed by atoms with Gasteiger partial charge in [0.25, 0.3) is 5.88 Å². The van der Waals surface area contributed by atoms with E-state index < -0.39 is 11.4 Å². The third-order valence-corrected chi connectivity index (χ3v) is 1.51. The van der Waals surface area contributed by atoms with Gasteiger partial charge in [-0.15, -0.1) is 16.8 Å². The van der Waals surface area contributed by atoms with Gasteiger partial charge in [0.05, 0.1) is 0 Å². The summed E-state index contributed by atoms with van der Waals surface area (Å²) in [5, 5.41) is 15.4. The maximum Gasteiger partial charge on any atom is 0.317 e. The molecule has 1 radical (unpaired) electrons. The Morgan fingerprint density at radius 3 is 2.92 bits per heavy atom. The van der Waals surface area contributed by atoms with Crippen LogP contribution < -0.4 is 5.56 Å². The summed E-state index contributed by atoms with van der Waals surface area (Å²) < 4.78 is 1.10. The lowest BCUT2D eigenvalue weighted by Crippen LogP contribution is -2.22. The molecule has 0 saturated carbocycles. The average Bonchev–Trinajstić information content (AvgIpc) is 2.06. The van der Waals surface area contributed by atoms with Crippen molar-refractivity contribution in [3.05, 3.63) is 23.0 Å². The summed E-state index contributed by atoms with van der Waals surface area (Å²) >= 11 is 4.70. The van der Waals surface area contributed by atoms with E-state index in [1.54, 1.807) is 0 Å². The third-order valence-electron chi connectivity index (χ3n) is 1.21. The fourth-order valence-electron chi connectivity index (χ4n) is 0.685. The van der Waals surface area contributed by atoms with Crippen LogP contribution in [-0.4, -0.2) is 19.9 Å². The minimum Gasteiger partial charge on any atom is -0.488 e. The summed E-state index contributed by atoms with van der Waals surface area (Å²) in [6.07, 6.45) is 1.48. The van der Waals surface area contributed by atoms with Crippen LogP contribution in [0.25, 0.3) is 0 Å². The summed E-state index contributed by atoms with van der Waals surface area (Å²) in [5.74, 6) is -0.648. The van der Waals surface area contributed by atoms with Crippen molar-refractivity contribution >= 4 is 12.6 Å².